The molecular weight excluding hydrogens is 422 g/mol. The lowest BCUT2D eigenvalue weighted by Gasteiger charge is -2.44. The Bertz CT molecular complexity index is 1010. The monoisotopic (exact) mass is 443 g/mol. The lowest BCUT2D eigenvalue weighted by molar-refractivity contribution is -0.00571. The number of amides is 1. The molecule has 8 heteroatoms. The fraction of sp³-hybridized carbons (Fsp3) is 0.348. The van der Waals surface area contributed by atoms with Crippen molar-refractivity contribution < 1.29 is 28.6 Å². The maximum absolute atomic E-state index is 12.9. The van der Waals surface area contributed by atoms with E-state index in [-0.39, 0.29) is 24.7 Å². The summed E-state index contributed by atoms with van der Waals surface area (Å²) in [6.07, 6.45) is 0.629. The van der Waals surface area contributed by atoms with E-state index in [2.05, 4.69) is 0 Å². The van der Waals surface area contributed by atoms with E-state index in [0.29, 0.717) is 53.6 Å². The van der Waals surface area contributed by atoms with E-state index in [1.165, 1.54) is 0 Å². The summed E-state index contributed by atoms with van der Waals surface area (Å²) in [5, 5.41) is 0.505. The molecule has 0 bridgehead atoms. The highest BCUT2D eigenvalue weighted by molar-refractivity contribution is 6.31. The van der Waals surface area contributed by atoms with E-state index in [0.717, 1.165) is 0 Å². The summed E-state index contributed by atoms with van der Waals surface area (Å²) >= 11 is 6.00. The van der Waals surface area contributed by atoms with Crippen LogP contribution in [0.25, 0.3) is 0 Å². The number of carbonyl (C=O) groups is 3. The predicted molar refractivity (Wildman–Crippen MR) is 113 cm³/mol. The number of likely N-dealkylation sites (tertiary alicyclic amines) is 1. The zero-order valence-electron chi connectivity index (χ0n) is 17.1. The number of ether oxygens (including phenoxy) is 3. The molecule has 4 rings (SSSR count). The summed E-state index contributed by atoms with van der Waals surface area (Å²) in [5.41, 5.74) is 0.418. The molecule has 1 saturated heterocycles. The Hall–Kier alpha value is -3.06. The number of benzene rings is 2. The lowest BCUT2D eigenvalue weighted by atomic mass is 9.82. The Kier molecular flexibility index (Phi) is 5.87. The fourth-order valence-electron chi connectivity index (χ4n) is 3.95. The molecule has 2 aromatic rings. The molecule has 0 atom stereocenters. The summed E-state index contributed by atoms with van der Waals surface area (Å²) in [6, 6.07) is 11.4. The molecule has 0 aromatic heterocycles. The van der Waals surface area contributed by atoms with E-state index < -0.39 is 11.8 Å². The SMILES string of the molecule is CCOC(=O)Oc1ccc(C(=O)N2CCC3(CC2)CC(=O)c2cc(Cl)ccc2O3)cc1. The molecule has 0 aliphatic carbocycles. The number of piperidine rings is 1. The van der Waals surface area contributed by atoms with Crippen LogP contribution >= 0.6 is 11.6 Å². The second-order valence-corrected chi connectivity index (χ2v) is 8.06. The Morgan fingerprint density at radius 3 is 2.52 bits per heavy atom. The molecule has 0 radical (unpaired) electrons. The van der Waals surface area contributed by atoms with Crippen LogP contribution in [0, 0.1) is 0 Å². The zero-order chi connectivity index (χ0) is 22.0. The van der Waals surface area contributed by atoms with E-state index in [9.17, 15) is 14.4 Å². The Morgan fingerprint density at radius 2 is 1.84 bits per heavy atom. The number of ketones is 1. The average molecular weight is 444 g/mol. The third kappa shape index (κ3) is 4.51. The topological polar surface area (TPSA) is 82.1 Å². The van der Waals surface area contributed by atoms with Crippen LogP contribution in [-0.4, -0.2) is 48.0 Å². The maximum atomic E-state index is 12.9. The van der Waals surface area contributed by atoms with Gasteiger partial charge in [0.05, 0.1) is 18.6 Å². The van der Waals surface area contributed by atoms with Gasteiger partial charge in [-0.25, -0.2) is 4.79 Å². The normalized spacial score (nSPS) is 17.0. The van der Waals surface area contributed by atoms with Crippen LogP contribution in [0.4, 0.5) is 4.79 Å². The highest BCUT2D eigenvalue weighted by Gasteiger charge is 2.43. The molecule has 2 aliphatic heterocycles. The van der Waals surface area contributed by atoms with Crippen molar-refractivity contribution in [3.63, 3.8) is 0 Å². The molecule has 2 heterocycles. The van der Waals surface area contributed by atoms with Crippen molar-refractivity contribution in [2.45, 2.75) is 31.8 Å². The van der Waals surface area contributed by atoms with Crippen molar-refractivity contribution in [1.82, 2.24) is 4.90 Å². The smallest absolute Gasteiger partial charge is 0.486 e. The van der Waals surface area contributed by atoms with Gasteiger partial charge in [0.15, 0.2) is 5.78 Å². The lowest BCUT2D eigenvalue weighted by Crippen LogP contribution is -2.52. The Morgan fingerprint density at radius 1 is 1.13 bits per heavy atom. The van der Waals surface area contributed by atoms with E-state index >= 15 is 0 Å². The minimum absolute atomic E-state index is 0.0146. The van der Waals surface area contributed by atoms with Crippen molar-refractivity contribution >= 4 is 29.4 Å². The number of halogens is 1. The summed E-state index contributed by atoms with van der Waals surface area (Å²) < 4.78 is 16.0. The van der Waals surface area contributed by atoms with Crippen LogP contribution in [0.5, 0.6) is 11.5 Å². The highest BCUT2D eigenvalue weighted by Crippen LogP contribution is 2.40. The van der Waals surface area contributed by atoms with Gasteiger partial charge in [0.1, 0.15) is 17.1 Å². The van der Waals surface area contributed by atoms with Crippen LogP contribution < -0.4 is 9.47 Å². The molecule has 162 valence electrons. The molecule has 31 heavy (non-hydrogen) atoms. The number of carbonyl (C=O) groups excluding carboxylic acids is 3. The summed E-state index contributed by atoms with van der Waals surface area (Å²) in [5.74, 6) is 0.755. The van der Waals surface area contributed by atoms with E-state index in [1.54, 1.807) is 54.3 Å². The van der Waals surface area contributed by atoms with Gasteiger partial charge in [-0.1, -0.05) is 11.6 Å². The summed E-state index contributed by atoms with van der Waals surface area (Å²) in [6.45, 7) is 2.88. The molecule has 1 spiro atoms. The van der Waals surface area contributed by atoms with Gasteiger partial charge in [0, 0.05) is 36.5 Å². The van der Waals surface area contributed by atoms with Gasteiger partial charge in [-0.2, -0.15) is 0 Å². The minimum Gasteiger partial charge on any atom is -0.486 e. The third-order valence-electron chi connectivity index (χ3n) is 5.58. The van der Waals surface area contributed by atoms with Gasteiger partial charge in [-0.15, -0.1) is 0 Å². The highest BCUT2D eigenvalue weighted by atomic mass is 35.5. The van der Waals surface area contributed by atoms with Crippen molar-refractivity contribution in [2.24, 2.45) is 0 Å². The van der Waals surface area contributed by atoms with Crippen molar-refractivity contribution in [2.75, 3.05) is 19.7 Å². The predicted octanol–water partition coefficient (Wildman–Crippen LogP) is 4.52. The second-order valence-electron chi connectivity index (χ2n) is 7.63. The molecule has 7 nitrogen and oxygen atoms in total. The van der Waals surface area contributed by atoms with Gasteiger partial charge >= 0.3 is 6.16 Å². The van der Waals surface area contributed by atoms with Crippen LogP contribution in [0.2, 0.25) is 5.02 Å². The van der Waals surface area contributed by atoms with Crippen molar-refractivity contribution in [3.05, 3.63) is 58.6 Å². The van der Waals surface area contributed by atoms with Gasteiger partial charge in [0.2, 0.25) is 0 Å². The number of rotatable bonds is 3. The molecular formula is C23H22ClNO6. The first-order chi connectivity index (χ1) is 14.9. The van der Waals surface area contributed by atoms with Crippen LogP contribution in [0.15, 0.2) is 42.5 Å². The van der Waals surface area contributed by atoms with Crippen LogP contribution in [0.1, 0.15) is 46.9 Å². The second kappa shape index (κ2) is 8.59. The van der Waals surface area contributed by atoms with Crippen molar-refractivity contribution in [3.8, 4) is 11.5 Å². The fourth-order valence-corrected chi connectivity index (χ4v) is 4.13. The summed E-state index contributed by atoms with van der Waals surface area (Å²) in [7, 11) is 0. The number of fused-ring (bicyclic) bond motifs is 1. The molecule has 0 saturated carbocycles. The quantitative estimate of drug-likeness (QED) is 0.512. The van der Waals surface area contributed by atoms with Crippen LogP contribution in [0.3, 0.4) is 0 Å². The molecule has 1 amide bonds. The van der Waals surface area contributed by atoms with Gasteiger partial charge < -0.3 is 19.1 Å². The molecule has 2 aromatic carbocycles. The van der Waals surface area contributed by atoms with E-state index in [1.807, 2.05) is 0 Å². The number of nitrogens with zero attached hydrogens (tertiary/aromatic N) is 1. The minimum atomic E-state index is -0.784. The molecule has 0 unspecified atom stereocenters. The zero-order valence-corrected chi connectivity index (χ0v) is 17.8. The van der Waals surface area contributed by atoms with Gasteiger partial charge in [0.25, 0.3) is 5.91 Å². The first-order valence-electron chi connectivity index (χ1n) is 10.1. The largest absolute Gasteiger partial charge is 0.513 e. The molecule has 0 N–H and O–H groups in total. The standard InChI is InChI=1S/C23H22ClNO6/c1-2-29-22(28)30-17-6-3-15(4-7-17)21(27)25-11-9-23(10-12-25)14-19(26)18-13-16(24)5-8-20(18)31-23/h3-8,13H,2,9-12,14H2,1H3. The van der Waals surface area contributed by atoms with Crippen molar-refractivity contribution in [1.29, 1.82) is 0 Å². The Balaban J connectivity index is 1.38. The van der Waals surface area contributed by atoms with Crippen LogP contribution in [-0.2, 0) is 4.74 Å². The number of hydrogen-bond donors (Lipinski definition) is 0. The summed E-state index contributed by atoms with van der Waals surface area (Å²) in [4.78, 5) is 38.6. The number of hydrogen-bond acceptors (Lipinski definition) is 6. The van der Waals surface area contributed by atoms with Gasteiger partial charge in [-0.05, 0) is 49.4 Å². The Labute approximate surface area is 184 Å². The van der Waals surface area contributed by atoms with E-state index in [4.69, 9.17) is 25.8 Å². The van der Waals surface area contributed by atoms with Gasteiger partial charge in [-0.3, -0.25) is 9.59 Å². The molecule has 2 aliphatic rings. The number of Topliss-reactive ketones (excluding diaryl/α,β-unsaturated/α-hetero) is 1. The maximum Gasteiger partial charge on any atom is 0.513 e. The first kappa shape index (κ1) is 21.2. The third-order valence-corrected chi connectivity index (χ3v) is 5.81. The molecule has 1 fully saturated rings. The average Bonchev–Trinajstić information content (AvgIpc) is 2.75. The first-order valence-corrected chi connectivity index (χ1v) is 10.5.